The molecule has 2 heterocycles. The number of ether oxygens (including phenoxy) is 1. The number of piperidine rings is 1. The number of aliphatic hydroxyl groups excluding tert-OH is 1. The van der Waals surface area contributed by atoms with Crippen LogP contribution in [0.3, 0.4) is 0 Å². The van der Waals surface area contributed by atoms with E-state index in [1.807, 2.05) is 30.3 Å². The summed E-state index contributed by atoms with van der Waals surface area (Å²) < 4.78 is 5.55. The monoisotopic (exact) mass is 380 g/mol. The Hall–Kier alpha value is -2.37. The molecule has 0 bridgehead atoms. The van der Waals surface area contributed by atoms with Gasteiger partial charge in [-0.05, 0) is 41.7 Å². The van der Waals surface area contributed by atoms with Crippen molar-refractivity contribution >= 4 is 5.91 Å². The third-order valence-electron chi connectivity index (χ3n) is 5.98. The Morgan fingerprint density at radius 1 is 1.21 bits per heavy atom. The van der Waals surface area contributed by atoms with E-state index in [1.54, 1.807) is 6.92 Å². The minimum Gasteiger partial charge on any atom is -0.493 e. The van der Waals surface area contributed by atoms with Gasteiger partial charge in [0.05, 0.1) is 18.2 Å². The zero-order chi connectivity index (χ0) is 19.6. The Bertz CT molecular complexity index is 829. The SMILES string of the molecule is CC(=O)NC1(c2ccccc2)CCN(C[C@@H](O)c2ccc3c(c2)CCO3)CC1. The zero-order valence-corrected chi connectivity index (χ0v) is 16.4. The van der Waals surface area contributed by atoms with E-state index in [4.69, 9.17) is 4.74 Å². The van der Waals surface area contributed by atoms with E-state index >= 15 is 0 Å². The summed E-state index contributed by atoms with van der Waals surface area (Å²) in [5.74, 6) is 0.939. The molecule has 2 N–H and O–H groups in total. The van der Waals surface area contributed by atoms with Gasteiger partial charge in [0, 0.05) is 33.0 Å². The average molecular weight is 380 g/mol. The largest absolute Gasteiger partial charge is 0.493 e. The lowest BCUT2D eigenvalue weighted by atomic mass is 9.80. The second kappa shape index (κ2) is 7.94. The van der Waals surface area contributed by atoms with Gasteiger partial charge < -0.3 is 20.1 Å². The normalized spacial score (nSPS) is 19.5. The van der Waals surface area contributed by atoms with Crippen LogP contribution in [0.25, 0.3) is 0 Å². The van der Waals surface area contributed by atoms with Crippen LogP contribution in [-0.4, -0.2) is 42.2 Å². The number of aliphatic hydroxyl groups is 1. The molecule has 5 heteroatoms. The van der Waals surface area contributed by atoms with Crippen molar-refractivity contribution in [1.82, 2.24) is 10.2 Å². The molecule has 0 unspecified atom stereocenters. The fraction of sp³-hybridized carbons (Fsp3) is 0.435. The third kappa shape index (κ3) is 3.91. The Kier molecular flexibility index (Phi) is 5.38. The number of hydrogen-bond acceptors (Lipinski definition) is 4. The first-order valence-corrected chi connectivity index (χ1v) is 10.1. The first-order chi connectivity index (χ1) is 13.6. The predicted octanol–water partition coefficient (Wildman–Crippen LogP) is 2.78. The molecule has 2 aromatic rings. The van der Waals surface area contributed by atoms with Crippen LogP contribution in [0.4, 0.5) is 0 Å². The smallest absolute Gasteiger partial charge is 0.217 e. The van der Waals surface area contributed by atoms with Gasteiger partial charge in [0.25, 0.3) is 0 Å². The number of amides is 1. The van der Waals surface area contributed by atoms with Gasteiger partial charge in [0.2, 0.25) is 5.91 Å². The van der Waals surface area contributed by atoms with Crippen molar-refractivity contribution in [2.75, 3.05) is 26.2 Å². The molecule has 28 heavy (non-hydrogen) atoms. The quantitative estimate of drug-likeness (QED) is 0.837. The minimum absolute atomic E-state index is 0.00213. The second-order valence-electron chi connectivity index (χ2n) is 7.91. The molecule has 4 rings (SSSR count). The topological polar surface area (TPSA) is 61.8 Å². The molecule has 0 saturated carbocycles. The van der Waals surface area contributed by atoms with Crippen LogP contribution >= 0.6 is 0 Å². The molecule has 0 radical (unpaired) electrons. The molecule has 2 aliphatic heterocycles. The van der Waals surface area contributed by atoms with E-state index < -0.39 is 6.10 Å². The molecule has 148 valence electrons. The molecule has 2 aliphatic rings. The summed E-state index contributed by atoms with van der Waals surface area (Å²) in [5, 5.41) is 13.9. The molecule has 0 aliphatic carbocycles. The lowest BCUT2D eigenvalue weighted by molar-refractivity contribution is -0.121. The summed E-state index contributed by atoms with van der Waals surface area (Å²) in [6.07, 6.45) is 2.06. The molecule has 0 spiro atoms. The summed E-state index contributed by atoms with van der Waals surface area (Å²) in [5.41, 5.74) is 2.97. The van der Waals surface area contributed by atoms with Gasteiger partial charge in [-0.3, -0.25) is 4.79 Å². The van der Waals surface area contributed by atoms with Crippen molar-refractivity contribution in [2.45, 2.75) is 37.8 Å². The van der Waals surface area contributed by atoms with Gasteiger partial charge in [-0.1, -0.05) is 36.4 Å². The maximum atomic E-state index is 11.9. The highest BCUT2D eigenvalue weighted by molar-refractivity contribution is 5.74. The van der Waals surface area contributed by atoms with Crippen molar-refractivity contribution in [1.29, 1.82) is 0 Å². The molecule has 1 atom stereocenters. The fourth-order valence-corrected chi connectivity index (χ4v) is 4.46. The van der Waals surface area contributed by atoms with E-state index in [1.165, 1.54) is 5.56 Å². The minimum atomic E-state index is -0.518. The average Bonchev–Trinajstić information content (AvgIpc) is 3.17. The molecular formula is C23H28N2O3. The Morgan fingerprint density at radius 2 is 1.96 bits per heavy atom. The summed E-state index contributed by atoms with van der Waals surface area (Å²) >= 11 is 0. The predicted molar refractivity (Wildman–Crippen MR) is 108 cm³/mol. The molecule has 1 fully saturated rings. The highest BCUT2D eigenvalue weighted by Gasteiger charge is 2.37. The maximum absolute atomic E-state index is 11.9. The number of hydrogen-bond donors (Lipinski definition) is 2. The van der Waals surface area contributed by atoms with E-state index in [-0.39, 0.29) is 11.4 Å². The van der Waals surface area contributed by atoms with Crippen molar-refractivity contribution in [3.8, 4) is 5.75 Å². The summed E-state index contributed by atoms with van der Waals surface area (Å²) in [4.78, 5) is 14.1. The van der Waals surface area contributed by atoms with Gasteiger partial charge in [0.15, 0.2) is 0 Å². The molecule has 5 nitrogen and oxygen atoms in total. The number of likely N-dealkylation sites (tertiary alicyclic amines) is 1. The van der Waals surface area contributed by atoms with Crippen LogP contribution < -0.4 is 10.1 Å². The molecule has 1 saturated heterocycles. The van der Waals surface area contributed by atoms with Crippen molar-refractivity contribution in [2.24, 2.45) is 0 Å². The standard InChI is InChI=1S/C23H28N2O3/c1-17(26)24-23(20-5-3-2-4-6-20)10-12-25(13-11-23)16-21(27)18-7-8-22-19(15-18)9-14-28-22/h2-8,15,21,27H,9-14,16H2,1H3,(H,24,26)/t21-/m1/s1. The maximum Gasteiger partial charge on any atom is 0.217 e. The number of carbonyl (C=O) groups excluding carboxylic acids is 1. The number of fused-ring (bicyclic) bond motifs is 1. The molecular weight excluding hydrogens is 352 g/mol. The number of nitrogens with one attached hydrogen (secondary N) is 1. The summed E-state index contributed by atoms with van der Waals surface area (Å²) in [6, 6.07) is 16.2. The first-order valence-electron chi connectivity index (χ1n) is 10.1. The highest BCUT2D eigenvalue weighted by Crippen LogP contribution is 2.34. The number of carbonyl (C=O) groups is 1. The summed E-state index contributed by atoms with van der Waals surface area (Å²) in [6.45, 7) is 4.58. The fourth-order valence-electron chi connectivity index (χ4n) is 4.46. The number of benzene rings is 2. The third-order valence-corrected chi connectivity index (χ3v) is 5.98. The van der Waals surface area contributed by atoms with Gasteiger partial charge in [-0.25, -0.2) is 0 Å². The van der Waals surface area contributed by atoms with E-state index in [0.717, 1.165) is 55.8 Å². The van der Waals surface area contributed by atoms with E-state index in [2.05, 4.69) is 28.4 Å². The number of rotatable bonds is 5. The second-order valence-corrected chi connectivity index (χ2v) is 7.91. The van der Waals surface area contributed by atoms with Gasteiger partial charge >= 0.3 is 0 Å². The molecule has 1 amide bonds. The number of β-amino-alcohol motifs (C(OH)–C–C–N with tert-alkyl or cyclic N) is 1. The zero-order valence-electron chi connectivity index (χ0n) is 16.4. The Labute approximate surface area is 166 Å². The van der Waals surface area contributed by atoms with Crippen molar-refractivity contribution < 1.29 is 14.6 Å². The Balaban J connectivity index is 1.42. The molecule has 0 aromatic heterocycles. The lowest BCUT2D eigenvalue weighted by Gasteiger charge is -2.43. The van der Waals surface area contributed by atoms with Crippen molar-refractivity contribution in [3.05, 3.63) is 65.2 Å². The van der Waals surface area contributed by atoms with Crippen LogP contribution in [-0.2, 0) is 16.8 Å². The molecule has 2 aromatic carbocycles. The van der Waals surface area contributed by atoms with E-state index in [0.29, 0.717) is 6.54 Å². The Morgan fingerprint density at radius 3 is 2.68 bits per heavy atom. The van der Waals surface area contributed by atoms with Crippen LogP contribution in [0.5, 0.6) is 5.75 Å². The van der Waals surface area contributed by atoms with Crippen LogP contribution in [0, 0.1) is 0 Å². The highest BCUT2D eigenvalue weighted by atomic mass is 16.5. The van der Waals surface area contributed by atoms with Gasteiger partial charge in [-0.2, -0.15) is 0 Å². The first kappa shape index (κ1) is 19.0. The van der Waals surface area contributed by atoms with Crippen LogP contribution in [0.1, 0.15) is 42.6 Å². The van der Waals surface area contributed by atoms with Crippen molar-refractivity contribution in [3.63, 3.8) is 0 Å². The van der Waals surface area contributed by atoms with Crippen LogP contribution in [0.15, 0.2) is 48.5 Å². The lowest BCUT2D eigenvalue weighted by Crippen LogP contribution is -2.53. The summed E-state index contributed by atoms with van der Waals surface area (Å²) in [7, 11) is 0. The number of nitrogens with zero attached hydrogens (tertiary/aromatic N) is 1. The van der Waals surface area contributed by atoms with Gasteiger partial charge in [0.1, 0.15) is 5.75 Å². The van der Waals surface area contributed by atoms with Crippen LogP contribution in [0.2, 0.25) is 0 Å². The van der Waals surface area contributed by atoms with E-state index in [9.17, 15) is 9.90 Å². The van der Waals surface area contributed by atoms with Gasteiger partial charge in [-0.15, -0.1) is 0 Å².